The van der Waals surface area contributed by atoms with Gasteiger partial charge in [0, 0.05) is 10.6 Å². The highest BCUT2D eigenvalue weighted by atomic mass is 32.2. The van der Waals surface area contributed by atoms with E-state index in [0.717, 1.165) is 11.5 Å². The average molecular weight is 238 g/mol. The molecule has 1 aliphatic heterocycles. The molecule has 0 spiro atoms. The number of thioether (sulfide) groups is 1. The van der Waals surface area contributed by atoms with Crippen LogP contribution in [0.15, 0.2) is 29.2 Å². The van der Waals surface area contributed by atoms with Gasteiger partial charge in [-0.05, 0) is 44.0 Å². The van der Waals surface area contributed by atoms with E-state index in [4.69, 9.17) is 9.47 Å². The second-order valence-electron chi connectivity index (χ2n) is 4.13. The van der Waals surface area contributed by atoms with E-state index in [1.54, 1.807) is 7.11 Å². The molecule has 2 rings (SSSR count). The van der Waals surface area contributed by atoms with Crippen LogP contribution in [0.4, 0.5) is 0 Å². The zero-order chi connectivity index (χ0) is 11.4. The lowest BCUT2D eigenvalue weighted by Crippen LogP contribution is -2.10. The van der Waals surface area contributed by atoms with Gasteiger partial charge in [-0.2, -0.15) is 0 Å². The van der Waals surface area contributed by atoms with Gasteiger partial charge in [-0.15, -0.1) is 11.8 Å². The second kappa shape index (κ2) is 5.60. The summed E-state index contributed by atoms with van der Waals surface area (Å²) >= 11 is 1.86. The molecule has 16 heavy (non-hydrogen) atoms. The van der Waals surface area contributed by atoms with Gasteiger partial charge < -0.3 is 9.47 Å². The van der Waals surface area contributed by atoms with Gasteiger partial charge >= 0.3 is 0 Å². The van der Waals surface area contributed by atoms with Gasteiger partial charge in [-0.1, -0.05) is 0 Å². The van der Waals surface area contributed by atoms with E-state index in [9.17, 15) is 0 Å². The molecule has 1 fully saturated rings. The van der Waals surface area contributed by atoms with E-state index in [0.29, 0.717) is 12.2 Å². The average Bonchev–Trinajstić information content (AvgIpc) is 2.73. The maximum Gasteiger partial charge on any atom is 0.118 e. The van der Waals surface area contributed by atoms with Crippen molar-refractivity contribution in [3.63, 3.8) is 0 Å². The summed E-state index contributed by atoms with van der Waals surface area (Å²) in [6, 6.07) is 8.20. The molecule has 0 N–H and O–H groups in total. The standard InChI is InChI=1S/C13H18O2S/c1-10-3-4-12(15-10)9-16-13-7-5-11(14-2)6-8-13/h5-8,10,12H,3-4,9H2,1-2H3. The van der Waals surface area contributed by atoms with Gasteiger partial charge in [-0.25, -0.2) is 0 Å². The lowest BCUT2D eigenvalue weighted by molar-refractivity contribution is 0.0700. The third-order valence-electron chi connectivity index (χ3n) is 2.82. The van der Waals surface area contributed by atoms with Crippen LogP contribution >= 0.6 is 11.8 Å². The second-order valence-corrected chi connectivity index (χ2v) is 5.23. The quantitative estimate of drug-likeness (QED) is 0.749. The molecule has 0 bridgehead atoms. The Morgan fingerprint density at radius 3 is 2.62 bits per heavy atom. The fraction of sp³-hybridized carbons (Fsp3) is 0.538. The molecule has 88 valence electrons. The summed E-state index contributed by atoms with van der Waals surface area (Å²) in [5.74, 6) is 1.96. The zero-order valence-corrected chi connectivity index (χ0v) is 10.6. The molecule has 1 saturated heterocycles. The van der Waals surface area contributed by atoms with Crippen molar-refractivity contribution in [2.45, 2.75) is 36.9 Å². The first-order valence-electron chi connectivity index (χ1n) is 5.70. The number of hydrogen-bond acceptors (Lipinski definition) is 3. The lowest BCUT2D eigenvalue weighted by Gasteiger charge is -2.10. The summed E-state index contributed by atoms with van der Waals surface area (Å²) in [6.45, 7) is 2.15. The SMILES string of the molecule is COc1ccc(SCC2CCC(C)O2)cc1. The van der Waals surface area contributed by atoms with E-state index in [2.05, 4.69) is 19.1 Å². The number of ether oxygens (including phenoxy) is 2. The maximum atomic E-state index is 5.78. The molecule has 2 nitrogen and oxygen atoms in total. The molecule has 1 aromatic carbocycles. The summed E-state index contributed by atoms with van der Waals surface area (Å²) < 4.78 is 10.9. The van der Waals surface area contributed by atoms with E-state index in [1.807, 2.05) is 23.9 Å². The predicted molar refractivity (Wildman–Crippen MR) is 67.3 cm³/mol. The van der Waals surface area contributed by atoms with E-state index >= 15 is 0 Å². The Labute approximate surface area is 101 Å². The number of hydrogen-bond donors (Lipinski definition) is 0. The molecule has 2 unspecified atom stereocenters. The van der Waals surface area contributed by atoms with Crippen molar-refractivity contribution < 1.29 is 9.47 Å². The highest BCUT2D eigenvalue weighted by Gasteiger charge is 2.21. The Kier molecular flexibility index (Phi) is 4.13. The summed E-state index contributed by atoms with van der Waals surface area (Å²) in [7, 11) is 1.69. The van der Waals surface area contributed by atoms with Crippen molar-refractivity contribution in [2.24, 2.45) is 0 Å². The number of methoxy groups -OCH3 is 1. The summed E-state index contributed by atoms with van der Waals surface area (Å²) in [5, 5.41) is 0. The minimum absolute atomic E-state index is 0.433. The molecule has 0 aliphatic carbocycles. The fourth-order valence-corrected chi connectivity index (χ4v) is 2.82. The fourth-order valence-electron chi connectivity index (χ4n) is 1.87. The first kappa shape index (κ1) is 11.8. The molecule has 0 saturated carbocycles. The van der Waals surface area contributed by atoms with Crippen LogP contribution in [0.5, 0.6) is 5.75 Å². The van der Waals surface area contributed by atoms with Gasteiger partial charge in [-0.3, -0.25) is 0 Å². The molecular weight excluding hydrogens is 220 g/mol. The van der Waals surface area contributed by atoms with Crippen LogP contribution in [-0.2, 0) is 4.74 Å². The van der Waals surface area contributed by atoms with E-state index in [1.165, 1.54) is 17.7 Å². The van der Waals surface area contributed by atoms with Crippen LogP contribution in [0.2, 0.25) is 0 Å². The minimum Gasteiger partial charge on any atom is -0.497 e. The summed E-state index contributed by atoms with van der Waals surface area (Å²) in [4.78, 5) is 1.28. The molecular formula is C13H18O2S. The van der Waals surface area contributed by atoms with Gasteiger partial charge in [0.25, 0.3) is 0 Å². The minimum atomic E-state index is 0.433. The van der Waals surface area contributed by atoms with Crippen LogP contribution in [0.1, 0.15) is 19.8 Å². The van der Waals surface area contributed by atoms with Crippen LogP contribution in [0.3, 0.4) is 0 Å². The topological polar surface area (TPSA) is 18.5 Å². The zero-order valence-electron chi connectivity index (χ0n) is 9.81. The van der Waals surface area contributed by atoms with E-state index < -0.39 is 0 Å². The molecule has 2 atom stereocenters. The van der Waals surface area contributed by atoms with Crippen molar-refractivity contribution >= 4 is 11.8 Å². The highest BCUT2D eigenvalue weighted by molar-refractivity contribution is 7.99. The molecule has 1 aliphatic rings. The number of rotatable bonds is 4. The largest absolute Gasteiger partial charge is 0.497 e. The van der Waals surface area contributed by atoms with Crippen LogP contribution < -0.4 is 4.74 Å². The Hall–Kier alpha value is -0.670. The Morgan fingerprint density at radius 2 is 2.06 bits per heavy atom. The third kappa shape index (κ3) is 3.16. The van der Waals surface area contributed by atoms with Crippen molar-refractivity contribution in [3.8, 4) is 5.75 Å². The smallest absolute Gasteiger partial charge is 0.118 e. The van der Waals surface area contributed by atoms with Crippen molar-refractivity contribution in [2.75, 3.05) is 12.9 Å². The van der Waals surface area contributed by atoms with Crippen LogP contribution in [0, 0.1) is 0 Å². The molecule has 0 radical (unpaired) electrons. The Morgan fingerprint density at radius 1 is 1.31 bits per heavy atom. The lowest BCUT2D eigenvalue weighted by atomic mass is 10.2. The normalized spacial score (nSPS) is 24.6. The van der Waals surface area contributed by atoms with Crippen molar-refractivity contribution in [3.05, 3.63) is 24.3 Å². The molecule has 0 amide bonds. The summed E-state index contributed by atoms with van der Waals surface area (Å²) in [5.41, 5.74) is 0. The first-order valence-corrected chi connectivity index (χ1v) is 6.69. The van der Waals surface area contributed by atoms with Gasteiger partial charge in [0.15, 0.2) is 0 Å². The Bertz CT molecular complexity index is 323. The van der Waals surface area contributed by atoms with Gasteiger partial charge in [0.2, 0.25) is 0 Å². The van der Waals surface area contributed by atoms with Crippen molar-refractivity contribution in [1.29, 1.82) is 0 Å². The molecule has 0 aromatic heterocycles. The van der Waals surface area contributed by atoms with Crippen molar-refractivity contribution in [1.82, 2.24) is 0 Å². The maximum absolute atomic E-state index is 5.78. The molecule has 1 aromatic rings. The first-order chi connectivity index (χ1) is 7.78. The Balaban J connectivity index is 1.80. The highest BCUT2D eigenvalue weighted by Crippen LogP contribution is 2.27. The van der Waals surface area contributed by atoms with Gasteiger partial charge in [0.1, 0.15) is 5.75 Å². The van der Waals surface area contributed by atoms with E-state index in [-0.39, 0.29) is 0 Å². The van der Waals surface area contributed by atoms with Crippen LogP contribution in [-0.4, -0.2) is 25.1 Å². The van der Waals surface area contributed by atoms with Gasteiger partial charge in [0.05, 0.1) is 19.3 Å². The third-order valence-corrected chi connectivity index (χ3v) is 3.96. The summed E-state index contributed by atoms with van der Waals surface area (Å²) in [6.07, 6.45) is 3.28. The molecule has 1 heterocycles. The molecule has 3 heteroatoms. The monoisotopic (exact) mass is 238 g/mol. The number of benzene rings is 1. The van der Waals surface area contributed by atoms with Crippen LogP contribution in [0.25, 0.3) is 0 Å². The predicted octanol–water partition coefficient (Wildman–Crippen LogP) is 3.35.